The van der Waals surface area contributed by atoms with E-state index in [9.17, 15) is 4.79 Å². The van der Waals surface area contributed by atoms with Crippen LogP contribution in [0.3, 0.4) is 0 Å². The van der Waals surface area contributed by atoms with Crippen LogP contribution in [0.5, 0.6) is 0 Å². The monoisotopic (exact) mass is 345 g/mol. The molecule has 0 bridgehead atoms. The number of thiazole rings is 1. The van der Waals surface area contributed by atoms with Crippen molar-refractivity contribution in [2.45, 2.75) is 33.0 Å². The molecule has 24 heavy (non-hydrogen) atoms. The fraction of sp³-hybridized carbons (Fsp3) is 0.444. The van der Waals surface area contributed by atoms with Crippen molar-refractivity contribution < 1.29 is 9.53 Å². The molecule has 1 amide bonds. The zero-order valence-electron chi connectivity index (χ0n) is 14.3. The fourth-order valence-corrected chi connectivity index (χ4v) is 3.70. The number of benzene rings is 1. The number of hydrogen-bond donors (Lipinski definition) is 1. The second-order valence-electron chi connectivity index (χ2n) is 6.40. The standard InChI is InChI=1S/C18H23N3O2S/c1-12-4-6-15(7-5-12)16-11-24-18(19-16)20-17(22)10-21-8-13(2)23-14(3)9-21/h4-7,11,13-14H,8-10H2,1-3H3,(H,19,20,22)/t13-,14-/m1/s1. The van der Waals surface area contributed by atoms with Gasteiger partial charge < -0.3 is 10.1 Å². The third-order valence-electron chi connectivity index (χ3n) is 3.96. The van der Waals surface area contributed by atoms with Crippen LogP contribution in [-0.4, -0.2) is 47.6 Å². The van der Waals surface area contributed by atoms with E-state index in [-0.39, 0.29) is 18.1 Å². The van der Waals surface area contributed by atoms with Crippen molar-refractivity contribution in [3.05, 3.63) is 35.2 Å². The van der Waals surface area contributed by atoms with Crippen molar-refractivity contribution in [2.24, 2.45) is 0 Å². The highest BCUT2D eigenvalue weighted by Gasteiger charge is 2.23. The number of hydrogen-bond acceptors (Lipinski definition) is 5. The van der Waals surface area contributed by atoms with Crippen molar-refractivity contribution >= 4 is 22.4 Å². The molecule has 0 spiro atoms. The van der Waals surface area contributed by atoms with E-state index in [1.165, 1.54) is 16.9 Å². The van der Waals surface area contributed by atoms with Crippen molar-refractivity contribution in [2.75, 3.05) is 25.0 Å². The molecule has 0 radical (unpaired) electrons. The first-order valence-electron chi connectivity index (χ1n) is 8.20. The number of aromatic nitrogens is 1. The van der Waals surface area contributed by atoms with Crippen molar-refractivity contribution in [3.63, 3.8) is 0 Å². The summed E-state index contributed by atoms with van der Waals surface area (Å²) in [5.74, 6) is -0.0268. The Kier molecular flexibility index (Phi) is 5.28. The van der Waals surface area contributed by atoms with Crippen LogP contribution in [0.1, 0.15) is 19.4 Å². The van der Waals surface area contributed by atoms with Crippen LogP contribution in [0.15, 0.2) is 29.6 Å². The molecular formula is C18H23N3O2S. The summed E-state index contributed by atoms with van der Waals surface area (Å²) < 4.78 is 5.69. The molecule has 1 aromatic carbocycles. The molecule has 0 saturated carbocycles. The van der Waals surface area contributed by atoms with Crippen LogP contribution in [0, 0.1) is 6.92 Å². The summed E-state index contributed by atoms with van der Waals surface area (Å²) in [7, 11) is 0. The van der Waals surface area contributed by atoms with Gasteiger partial charge in [0.15, 0.2) is 5.13 Å². The van der Waals surface area contributed by atoms with E-state index in [0.717, 1.165) is 24.3 Å². The van der Waals surface area contributed by atoms with Gasteiger partial charge in [-0.1, -0.05) is 29.8 Å². The summed E-state index contributed by atoms with van der Waals surface area (Å²) in [6.45, 7) is 8.07. The van der Waals surface area contributed by atoms with Gasteiger partial charge in [-0.25, -0.2) is 4.98 Å². The lowest BCUT2D eigenvalue weighted by atomic mass is 10.1. The van der Waals surface area contributed by atoms with E-state index in [0.29, 0.717) is 11.7 Å². The number of nitrogens with zero attached hydrogens (tertiary/aromatic N) is 2. The summed E-state index contributed by atoms with van der Waals surface area (Å²) in [6, 6.07) is 8.22. The quantitative estimate of drug-likeness (QED) is 0.925. The number of anilines is 1. The number of morpholine rings is 1. The normalized spacial score (nSPS) is 21.6. The highest BCUT2D eigenvalue weighted by atomic mass is 32.1. The van der Waals surface area contributed by atoms with Crippen LogP contribution in [0.2, 0.25) is 0 Å². The zero-order chi connectivity index (χ0) is 17.1. The molecule has 0 unspecified atom stereocenters. The number of carbonyl (C=O) groups is 1. The van der Waals surface area contributed by atoms with E-state index < -0.39 is 0 Å². The van der Waals surface area contributed by atoms with E-state index in [2.05, 4.69) is 34.3 Å². The molecule has 1 N–H and O–H groups in total. The van der Waals surface area contributed by atoms with E-state index in [1.54, 1.807) is 0 Å². The Bertz CT molecular complexity index is 689. The van der Waals surface area contributed by atoms with Gasteiger partial charge in [-0.15, -0.1) is 11.3 Å². The van der Waals surface area contributed by atoms with Gasteiger partial charge in [0.05, 0.1) is 24.4 Å². The topological polar surface area (TPSA) is 54.5 Å². The molecule has 128 valence electrons. The van der Waals surface area contributed by atoms with Gasteiger partial charge in [-0.3, -0.25) is 9.69 Å². The Hall–Kier alpha value is -1.76. The number of rotatable bonds is 4. The van der Waals surface area contributed by atoms with Gasteiger partial charge >= 0.3 is 0 Å². The maximum atomic E-state index is 12.3. The van der Waals surface area contributed by atoms with Gasteiger partial charge in [-0.05, 0) is 20.8 Å². The molecule has 2 aromatic rings. The first-order valence-corrected chi connectivity index (χ1v) is 9.08. The smallest absolute Gasteiger partial charge is 0.240 e. The van der Waals surface area contributed by atoms with Gasteiger partial charge in [-0.2, -0.15) is 0 Å². The van der Waals surface area contributed by atoms with Crippen LogP contribution in [0.25, 0.3) is 11.3 Å². The number of amides is 1. The third-order valence-corrected chi connectivity index (χ3v) is 4.72. The van der Waals surface area contributed by atoms with Gasteiger partial charge in [0, 0.05) is 24.0 Å². The lowest BCUT2D eigenvalue weighted by Gasteiger charge is -2.34. The summed E-state index contributed by atoms with van der Waals surface area (Å²) in [5, 5.41) is 5.52. The lowest BCUT2D eigenvalue weighted by Crippen LogP contribution is -2.48. The SMILES string of the molecule is Cc1ccc(-c2csc(NC(=O)CN3C[C@@H](C)O[C@H](C)C3)n2)cc1. The van der Waals surface area contributed by atoms with Crippen LogP contribution in [0.4, 0.5) is 5.13 Å². The minimum atomic E-state index is -0.0268. The average molecular weight is 345 g/mol. The second kappa shape index (κ2) is 7.42. The second-order valence-corrected chi connectivity index (χ2v) is 7.26. The molecule has 5 nitrogen and oxygen atoms in total. The average Bonchev–Trinajstić information content (AvgIpc) is 2.95. The minimum Gasteiger partial charge on any atom is -0.373 e. The van der Waals surface area contributed by atoms with Crippen molar-refractivity contribution in [1.29, 1.82) is 0 Å². The highest BCUT2D eigenvalue weighted by Crippen LogP contribution is 2.25. The van der Waals surface area contributed by atoms with E-state index in [4.69, 9.17) is 4.74 Å². The fourth-order valence-electron chi connectivity index (χ4n) is 2.96. The summed E-state index contributed by atoms with van der Waals surface area (Å²) >= 11 is 1.45. The molecule has 1 fully saturated rings. The van der Waals surface area contributed by atoms with Crippen molar-refractivity contribution in [1.82, 2.24) is 9.88 Å². The van der Waals surface area contributed by atoms with E-state index >= 15 is 0 Å². The first kappa shape index (κ1) is 17.1. The van der Waals surface area contributed by atoms with Gasteiger partial charge in [0.1, 0.15) is 0 Å². The summed E-state index contributed by atoms with van der Waals surface area (Å²) in [5.41, 5.74) is 3.17. The molecule has 1 aromatic heterocycles. The molecule has 1 aliphatic rings. The van der Waals surface area contributed by atoms with Crippen LogP contribution >= 0.6 is 11.3 Å². The number of ether oxygens (including phenoxy) is 1. The predicted octanol–water partition coefficient (Wildman–Crippen LogP) is 3.17. The highest BCUT2D eigenvalue weighted by molar-refractivity contribution is 7.14. The summed E-state index contributed by atoms with van der Waals surface area (Å²) in [6.07, 6.45) is 0.323. The maximum Gasteiger partial charge on any atom is 0.240 e. The number of nitrogens with one attached hydrogen (secondary N) is 1. The third kappa shape index (κ3) is 4.41. The molecule has 2 atom stereocenters. The molecule has 2 heterocycles. The molecule has 0 aliphatic carbocycles. The Morgan fingerprint density at radius 2 is 1.96 bits per heavy atom. The Balaban J connectivity index is 1.58. The maximum absolute atomic E-state index is 12.3. The molecule has 3 rings (SSSR count). The molecular weight excluding hydrogens is 322 g/mol. The summed E-state index contributed by atoms with van der Waals surface area (Å²) in [4.78, 5) is 18.9. The molecule has 6 heteroatoms. The molecule has 1 saturated heterocycles. The number of carbonyl (C=O) groups excluding carboxylic acids is 1. The van der Waals surface area contributed by atoms with Crippen LogP contribution in [-0.2, 0) is 9.53 Å². The first-order chi connectivity index (χ1) is 11.5. The largest absolute Gasteiger partial charge is 0.373 e. The van der Waals surface area contributed by atoms with E-state index in [1.807, 2.05) is 31.4 Å². The van der Waals surface area contributed by atoms with Gasteiger partial charge in [0.2, 0.25) is 5.91 Å². The van der Waals surface area contributed by atoms with Crippen LogP contribution < -0.4 is 5.32 Å². The predicted molar refractivity (Wildman–Crippen MR) is 97.4 cm³/mol. The van der Waals surface area contributed by atoms with Gasteiger partial charge in [0.25, 0.3) is 0 Å². The zero-order valence-corrected chi connectivity index (χ0v) is 15.1. The van der Waals surface area contributed by atoms with Crippen molar-refractivity contribution in [3.8, 4) is 11.3 Å². The minimum absolute atomic E-state index is 0.0268. The Morgan fingerprint density at radius 3 is 2.62 bits per heavy atom. The molecule has 1 aliphatic heterocycles. The Morgan fingerprint density at radius 1 is 1.29 bits per heavy atom. The Labute approximate surface area is 146 Å². The lowest BCUT2D eigenvalue weighted by molar-refractivity contribution is -0.121. The number of aryl methyl sites for hydroxylation is 1.